The van der Waals surface area contributed by atoms with Crippen molar-refractivity contribution in [3.05, 3.63) is 66.1 Å². The van der Waals surface area contributed by atoms with Gasteiger partial charge in [0.1, 0.15) is 6.10 Å². The number of carbonyl (C=O) groups is 1. The topological polar surface area (TPSA) is 59.4 Å². The molecular weight excluding hydrogens is 352 g/mol. The van der Waals surface area contributed by atoms with Gasteiger partial charge in [-0.3, -0.25) is 9.78 Å². The van der Waals surface area contributed by atoms with Gasteiger partial charge in [0.05, 0.1) is 11.2 Å². The van der Waals surface area contributed by atoms with Crippen LogP contribution in [-0.4, -0.2) is 52.8 Å². The summed E-state index contributed by atoms with van der Waals surface area (Å²) in [6.07, 6.45) is 5.47. The molecule has 146 valence electrons. The molecule has 0 spiro atoms. The monoisotopic (exact) mass is 378 g/mol. The van der Waals surface area contributed by atoms with Crippen LogP contribution < -0.4 is 10.2 Å². The Morgan fingerprint density at radius 3 is 2.71 bits per heavy atom. The first-order valence-corrected chi connectivity index (χ1v) is 9.85. The summed E-state index contributed by atoms with van der Waals surface area (Å²) in [5.41, 5.74) is 2.90. The summed E-state index contributed by atoms with van der Waals surface area (Å²) in [4.78, 5) is 24.7. The Balaban J connectivity index is 1.23. The lowest BCUT2D eigenvalue weighted by atomic mass is 10.1. The van der Waals surface area contributed by atoms with Crippen molar-refractivity contribution in [2.24, 2.45) is 0 Å². The minimum atomic E-state index is -0.0458. The lowest BCUT2D eigenvalue weighted by molar-refractivity contribution is 0.000689. The highest BCUT2D eigenvalue weighted by atomic mass is 16.7. The summed E-state index contributed by atoms with van der Waals surface area (Å²) in [5.74, 6) is -0.0458. The first-order valence-electron chi connectivity index (χ1n) is 9.85. The molecule has 0 atom stereocenters. The highest BCUT2D eigenvalue weighted by Crippen LogP contribution is 2.20. The number of pyridine rings is 1. The second-order valence-corrected chi connectivity index (χ2v) is 7.28. The molecule has 0 unspecified atom stereocenters. The van der Waals surface area contributed by atoms with Crippen molar-refractivity contribution in [1.29, 1.82) is 0 Å². The Labute approximate surface area is 165 Å². The van der Waals surface area contributed by atoms with Crippen LogP contribution in [0, 0.1) is 6.92 Å². The second kappa shape index (κ2) is 8.44. The molecule has 0 saturated carbocycles. The summed E-state index contributed by atoms with van der Waals surface area (Å²) in [5, 5.41) is 4.19. The standard InChI is InChI=1S/C22H26N4O2/c1-17-16-19-4-2-3-5-21(19)26(17)28-20-8-13-25(14-9-20)15-12-24-22(27)18-6-10-23-11-7-18/h2-7,10-11,16,20H,8-9,12-15H2,1H3,(H,24,27). The summed E-state index contributed by atoms with van der Waals surface area (Å²) >= 11 is 0. The molecule has 1 aliphatic heterocycles. The van der Waals surface area contributed by atoms with Gasteiger partial charge in [0.2, 0.25) is 0 Å². The molecule has 0 aliphatic carbocycles. The molecule has 1 aromatic carbocycles. The lowest BCUT2D eigenvalue weighted by Gasteiger charge is -2.32. The molecule has 2 aromatic heterocycles. The summed E-state index contributed by atoms with van der Waals surface area (Å²) < 4.78 is 1.98. The number of likely N-dealkylation sites (tertiary alicyclic amines) is 1. The van der Waals surface area contributed by atoms with Crippen molar-refractivity contribution in [3.63, 3.8) is 0 Å². The van der Waals surface area contributed by atoms with Gasteiger partial charge in [-0.15, -0.1) is 0 Å². The minimum absolute atomic E-state index is 0.0458. The number of benzene rings is 1. The number of para-hydroxylation sites is 1. The quantitative estimate of drug-likeness (QED) is 0.716. The number of amides is 1. The Kier molecular flexibility index (Phi) is 5.58. The van der Waals surface area contributed by atoms with Crippen LogP contribution in [0.1, 0.15) is 28.9 Å². The molecule has 6 heteroatoms. The molecule has 4 rings (SSSR count). The third-order valence-electron chi connectivity index (χ3n) is 5.29. The second-order valence-electron chi connectivity index (χ2n) is 7.28. The van der Waals surface area contributed by atoms with E-state index < -0.39 is 0 Å². The molecule has 0 bridgehead atoms. The predicted molar refractivity (Wildman–Crippen MR) is 109 cm³/mol. The number of nitrogens with zero attached hydrogens (tertiary/aromatic N) is 3. The van der Waals surface area contributed by atoms with Crippen molar-refractivity contribution in [2.45, 2.75) is 25.9 Å². The van der Waals surface area contributed by atoms with Crippen LogP contribution in [0.3, 0.4) is 0 Å². The smallest absolute Gasteiger partial charge is 0.251 e. The summed E-state index contributed by atoms with van der Waals surface area (Å²) in [7, 11) is 0. The van der Waals surface area contributed by atoms with Gasteiger partial charge < -0.3 is 15.1 Å². The number of rotatable bonds is 6. The molecule has 3 aromatic rings. The number of nitrogens with one attached hydrogen (secondary N) is 1. The van der Waals surface area contributed by atoms with Crippen LogP contribution in [0.25, 0.3) is 10.9 Å². The van der Waals surface area contributed by atoms with E-state index in [2.05, 4.69) is 46.4 Å². The van der Waals surface area contributed by atoms with E-state index in [1.807, 2.05) is 10.8 Å². The number of carbonyl (C=O) groups excluding carboxylic acids is 1. The van der Waals surface area contributed by atoms with Crippen LogP contribution in [0.15, 0.2) is 54.9 Å². The molecule has 1 aliphatic rings. The Hall–Kier alpha value is -2.86. The van der Waals surface area contributed by atoms with Gasteiger partial charge in [0, 0.05) is 49.5 Å². The molecule has 0 radical (unpaired) electrons. The Morgan fingerprint density at radius 1 is 1.18 bits per heavy atom. The van der Waals surface area contributed by atoms with E-state index in [1.54, 1.807) is 24.5 Å². The van der Waals surface area contributed by atoms with E-state index in [0.29, 0.717) is 12.1 Å². The third-order valence-corrected chi connectivity index (χ3v) is 5.29. The van der Waals surface area contributed by atoms with Gasteiger partial charge in [-0.25, -0.2) is 0 Å². The zero-order valence-corrected chi connectivity index (χ0v) is 16.2. The van der Waals surface area contributed by atoms with E-state index in [9.17, 15) is 4.79 Å². The van der Waals surface area contributed by atoms with E-state index in [0.717, 1.165) is 43.7 Å². The minimum Gasteiger partial charge on any atom is -0.410 e. The van der Waals surface area contributed by atoms with Crippen LogP contribution in [0.2, 0.25) is 0 Å². The maximum atomic E-state index is 12.1. The summed E-state index contributed by atoms with van der Waals surface area (Å²) in [6.45, 7) is 5.55. The predicted octanol–water partition coefficient (Wildman–Crippen LogP) is 2.67. The summed E-state index contributed by atoms with van der Waals surface area (Å²) in [6, 6.07) is 13.9. The van der Waals surface area contributed by atoms with Crippen molar-refractivity contribution >= 4 is 16.8 Å². The van der Waals surface area contributed by atoms with Gasteiger partial charge in [-0.2, -0.15) is 4.73 Å². The molecule has 1 fully saturated rings. The van der Waals surface area contributed by atoms with Gasteiger partial charge in [0.15, 0.2) is 0 Å². The number of fused-ring (bicyclic) bond motifs is 1. The van der Waals surface area contributed by atoms with Crippen molar-refractivity contribution in [2.75, 3.05) is 26.2 Å². The Morgan fingerprint density at radius 2 is 1.93 bits per heavy atom. The number of piperidine rings is 1. The average Bonchev–Trinajstić information content (AvgIpc) is 3.05. The molecule has 1 amide bonds. The maximum absolute atomic E-state index is 12.1. The SMILES string of the molecule is Cc1cc2ccccc2n1OC1CCN(CCNC(=O)c2ccncc2)CC1. The van der Waals surface area contributed by atoms with Gasteiger partial charge >= 0.3 is 0 Å². The number of aromatic nitrogens is 2. The highest BCUT2D eigenvalue weighted by Gasteiger charge is 2.22. The van der Waals surface area contributed by atoms with Crippen molar-refractivity contribution in [1.82, 2.24) is 19.9 Å². The number of aryl methyl sites for hydroxylation is 1. The third kappa shape index (κ3) is 4.17. The zero-order valence-electron chi connectivity index (χ0n) is 16.2. The molecule has 1 N–H and O–H groups in total. The van der Waals surface area contributed by atoms with Crippen molar-refractivity contribution in [3.8, 4) is 0 Å². The van der Waals surface area contributed by atoms with Crippen molar-refractivity contribution < 1.29 is 9.63 Å². The molecular formula is C22H26N4O2. The first-order chi connectivity index (χ1) is 13.7. The Bertz CT molecular complexity index is 930. The number of hydrogen-bond acceptors (Lipinski definition) is 4. The fourth-order valence-electron chi connectivity index (χ4n) is 3.73. The normalized spacial score (nSPS) is 15.6. The maximum Gasteiger partial charge on any atom is 0.251 e. The fourth-order valence-corrected chi connectivity index (χ4v) is 3.73. The van der Waals surface area contributed by atoms with E-state index in [4.69, 9.17) is 4.84 Å². The zero-order chi connectivity index (χ0) is 19.3. The first kappa shape index (κ1) is 18.5. The van der Waals surface area contributed by atoms with Crippen LogP contribution in [0.5, 0.6) is 0 Å². The average molecular weight is 378 g/mol. The van der Waals surface area contributed by atoms with Crippen LogP contribution in [0.4, 0.5) is 0 Å². The van der Waals surface area contributed by atoms with Gasteiger partial charge in [-0.1, -0.05) is 18.2 Å². The lowest BCUT2D eigenvalue weighted by Crippen LogP contribution is -2.43. The molecule has 28 heavy (non-hydrogen) atoms. The van der Waals surface area contributed by atoms with E-state index in [-0.39, 0.29) is 12.0 Å². The fraction of sp³-hybridized carbons (Fsp3) is 0.364. The molecule has 1 saturated heterocycles. The number of hydrogen-bond donors (Lipinski definition) is 1. The van der Waals surface area contributed by atoms with Crippen LogP contribution >= 0.6 is 0 Å². The van der Waals surface area contributed by atoms with E-state index >= 15 is 0 Å². The molecule has 3 heterocycles. The largest absolute Gasteiger partial charge is 0.410 e. The van der Waals surface area contributed by atoms with Crippen LogP contribution in [-0.2, 0) is 0 Å². The van der Waals surface area contributed by atoms with Gasteiger partial charge in [-0.05, 0) is 44.0 Å². The molecule has 6 nitrogen and oxygen atoms in total. The van der Waals surface area contributed by atoms with Gasteiger partial charge in [0.25, 0.3) is 5.91 Å². The highest BCUT2D eigenvalue weighted by molar-refractivity contribution is 5.93. The van der Waals surface area contributed by atoms with E-state index in [1.165, 1.54) is 5.39 Å².